The average Bonchev–Trinajstić information content (AvgIpc) is 2.32. The Morgan fingerprint density at radius 2 is 2.19 bits per heavy atom. The van der Waals surface area contributed by atoms with Gasteiger partial charge in [0, 0.05) is 12.8 Å². The van der Waals surface area contributed by atoms with Gasteiger partial charge in [0.05, 0.1) is 18.1 Å². The normalized spacial score (nSPS) is 14.2. The third-order valence-electron chi connectivity index (χ3n) is 2.85. The molecule has 4 nitrogen and oxygen atoms in total. The molecule has 0 saturated heterocycles. The van der Waals surface area contributed by atoms with Crippen LogP contribution in [0.4, 0.5) is 4.39 Å². The molecule has 0 spiro atoms. The van der Waals surface area contributed by atoms with E-state index in [-0.39, 0.29) is 18.7 Å². The smallest absolute Gasteiger partial charge is 0.328 e. The Bertz CT molecular complexity index is 454. The van der Waals surface area contributed by atoms with Crippen molar-refractivity contribution in [2.24, 2.45) is 0 Å². The lowest BCUT2D eigenvalue weighted by Gasteiger charge is -2.18. The number of nitrogens with zero attached hydrogens (tertiary/aromatic N) is 3. The van der Waals surface area contributed by atoms with Gasteiger partial charge in [-0.25, -0.2) is 4.73 Å². The summed E-state index contributed by atoms with van der Waals surface area (Å²) < 4.78 is 14.3. The zero-order chi connectivity index (χ0) is 11.5. The van der Waals surface area contributed by atoms with Crippen molar-refractivity contribution in [1.29, 1.82) is 5.26 Å². The van der Waals surface area contributed by atoms with Gasteiger partial charge in [-0.1, -0.05) is 0 Å². The molecule has 0 amide bonds. The highest BCUT2D eigenvalue weighted by molar-refractivity contribution is 5.18. The van der Waals surface area contributed by atoms with Gasteiger partial charge < -0.3 is 5.21 Å². The Morgan fingerprint density at radius 3 is 2.94 bits per heavy atom. The van der Waals surface area contributed by atoms with E-state index in [1.165, 1.54) is 0 Å². The highest BCUT2D eigenvalue weighted by Gasteiger charge is 2.25. The molecule has 0 fully saturated rings. The minimum Gasteiger partial charge on any atom is -0.711 e. The summed E-state index contributed by atoms with van der Waals surface area (Å²) in [6.45, 7) is 0. The SMILES string of the molecule is N#CCCc1nc(F)c2c([n+]1[O-])CCCC2. The number of rotatable bonds is 2. The molecule has 1 aliphatic carbocycles. The van der Waals surface area contributed by atoms with E-state index in [2.05, 4.69) is 4.98 Å². The van der Waals surface area contributed by atoms with Crippen molar-refractivity contribution in [3.8, 4) is 6.07 Å². The van der Waals surface area contributed by atoms with Crippen molar-refractivity contribution in [3.05, 3.63) is 28.2 Å². The van der Waals surface area contributed by atoms with Gasteiger partial charge in [-0.3, -0.25) is 0 Å². The van der Waals surface area contributed by atoms with Crippen LogP contribution in [0.3, 0.4) is 0 Å². The molecule has 0 N–H and O–H groups in total. The van der Waals surface area contributed by atoms with E-state index in [1.54, 1.807) is 0 Å². The summed E-state index contributed by atoms with van der Waals surface area (Å²) in [7, 11) is 0. The van der Waals surface area contributed by atoms with Crippen molar-refractivity contribution in [2.75, 3.05) is 0 Å². The Hall–Kier alpha value is -1.70. The van der Waals surface area contributed by atoms with Gasteiger partial charge in [0.1, 0.15) is 5.69 Å². The molecule has 1 aromatic heterocycles. The lowest BCUT2D eigenvalue weighted by Crippen LogP contribution is -2.41. The summed E-state index contributed by atoms with van der Waals surface area (Å²) in [5.74, 6) is -0.408. The Labute approximate surface area is 92.9 Å². The molecule has 0 saturated carbocycles. The van der Waals surface area contributed by atoms with Crippen LogP contribution in [0, 0.1) is 22.5 Å². The maximum Gasteiger partial charge on any atom is 0.328 e. The molecule has 1 aromatic rings. The van der Waals surface area contributed by atoms with Gasteiger partial charge in [-0.2, -0.15) is 9.65 Å². The van der Waals surface area contributed by atoms with Crippen molar-refractivity contribution in [1.82, 2.24) is 4.98 Å². The summed E-state index contributed by atoms with van der Waals surface area (Å²) in [5, 5.41) is 20.3. The number of hydrogen-bond donors (Lipinski definition) is 0. The largest absolute Gasteiger partial charge is 0.711 e. The standard InChI is InChI=1S/C11H12FN3O/c12-11-8-4-1-2-5-9(8)15(16)10(14-11)6-3-7-13/h1-6H2. The molecule has 5 heteroatoms. The molecule has 0 aromatic carbocycles. The quantitative estimate of drug-likeness (QED) is 0.428. The van der Waals surface area contributed by atoms with Crippen LogP contribution in [-0.2, 0) is 19.3 Å². The molecular formula is C11H12FN3O. The first kappa shape index (κ1) is 10.8. The first-order valence-corrected chi connectivity index (χ1v) is 5.40. The van der Waals surface area contributed by atoms with Crippen LogP contribution in [0.25, 0.3) is 0 Å². The zero-order valence-electron chi connectivity index (χ0n) is 8.87. The molecule has 1 aliphatic rings. The molecule has 1 heterocycles. The molecule has 0 atom stereocenters. The second kappa shape index (κ2) is 4.44. The van der Waals surface area contributed by atoms with Crippen LogP contribution >= 0.6 is 0 Å². The van der Waals surface area contributed by atoms with E-state index in [0.717, 1.165) is 17.6 Å². The van der Waals surface area contributed by atoms with E-state index in [9.17, 15) is 9.60 Å². The molecule has 2 rings (SSSR count). The molecular weight excluding hydrogens is 209 g/mol. The van der Waals surface area contributed by atoms with E-state index < -0.39 is 5.95 Å². The fourth-order valence-corrected chi connectivity index (χ4v) is 2.04. The molecule has 84 valence electrons. The Morgan fingerprint density at radius 1 is 1.44 bits per heavy atom. The fraction of sp³-hybridized carbons (Fsp3) is 0.545. The van der Waals surface area contributed by atoms with Crippen LogP contribution < -0.4 is 4.73 Å². The monoisotopic (exact) mass is 221 g/mol. The summed E-state index contributed by atoms with van der Waals surface area (Å²) in [4.78, 5) is 3.66. The van der Waals surface area contributed by atoms with Crippen LogP contribution in [0.5, 0.6) is 0 Å². The maximum atomic E-state index is 13.6. The third-order valence-corrected chi connectivity index (χ3v) is 2.85. The summed E-state index contributed by atoms with van der Waals surface area (Å²) in [6.07, 6.45) is 3.42. The van der Waals surface area contributed by atoms with Crippen molar-refractivity contribution >= 4 is 0 Å². The number of hydrogen-bond acceptors (Lipinski definition) is 3. The highest BCUT2D eigenvalue weighted by Crippen LogP contribution is 2.20. The number of nitriles is 1. The van der Waals surface area contributed by atoms with Crippen molar-refractivity contribution < 1.29 is 9.12 Å². The number of aromatic nitrogens is 2. The van der Waals surface area contributed by atoms with Crippen LogP contribution in [0.1, 0.15) is 36.3 Å². The zero-order valence-corrected chi connectivity index (χ0v) is 8.87. The predicted molar refractivity (Wildman–Crippen MR) is 53.7 cm³/mol. The highest BCUT2D eigenvalue weighted by atomic mass is 19.1. The first-order valence-electron chi connectivity index (χ1n) is 5.40. The average molecular weight is 221 g/mol. The molecule has 0 radical (unpaired) electrons. The molecule has 0 aliphatic heterocycles. The van der Waals surface area contributed by atoms with E-state index in [4.69, 9.17) is 5.26 Å². The second-order valence-electron chi connectivity index (χ2n) is 3.90. The van der Waals surface area contributed by atoms with Gasteiger partial charge in [0.25, 0.3) is 0 Å². The molecule has 0 unspecified atom stereocenters. The second-order valence-corrected chi connectivity index (χ2v) is 3.90. The lowest BCUT2D eigenvalue weighted by atomic mass is 9.97. The summed E-state index contributed by atoms with van der Waals surface area (Å²) >= 11 is 0. The third kappa shape index (κ3) is 1.83. The molecule has 0 bridgehead atoms. The number of fused-ring (bicyclic) bond motifs is 1. The van der Waals surface area contributed by atoms with E-state index in [0.29, 0.717) is 24.1 Å². The minimum absolute atomic E-state index is 0.125. The van der Waals surface area contributed by atoms with E-state index in [1.807, 2.05) is 6.07 Å². The fourth-order valence-electron chi connectivity index (χ4n) is 2.04. The van der Waals surface area contributed by atoms with Gasteiger partial charge >= 0.3 is 11.8 Å². The topological polar surface area (TPSA) is 63.6 Å². The van der Waals surface area contributed by atoms with Gasteiger partial charge in [0.15, 0.2) is 0 Å². The minimum atomic E-state index is -0.533. The van der Waals surface area contributed by atoms with Gasteiger partial charge in [-0.15, -0.1) is 0 Å². The Kier molecular flexibility index (Phi) is 3.00. The number of aryl methyl sites for hydroxylation is 1. The van der Waals surface area contributed by atoms with Gasteiger partial charge in [0.2, 0.25) is 0 Å². The summed E-state index contributed by atoms with van der Waals surface area (Å²) in [6, 6.07) is 1.93. The number of halogens is 1. The first-order chi connectivity index (χ1) is 7.74. The van der Waals surface area contributed by atoms with Crippen LogP contribution in [0.2, 0.25) is 0 Å². The lowest BCUT2D eigenvalue weighted by molar-refractivity contribution is -0.627. The van der Waals surface area contributed by atoms with Crippen molar-refractivity contribution in [3.63, 3.8) is 0 Å². The van der Waals surface area contributed by atoms with Crippen LogP contribution in [-0.4, -0.2) is 4.98 Å². The predicted octanol–water partition coefficient (Wildman–Crippen LogP) is 1.19. The Balaban J connectivity index is 2.42. The molecule has 16 heavy (non-hydrogen) atoms. The van der Waals surface area contributed by atoms with Gasteiger partial charge in [-0.05, 0) is 24.2 Å². The van der Waals surface area contributed by atoms with Crippen molar-refractivity contribution in [2.45, 2.75) is 38.5 Å². The van der Waals surface area contributed by atoms with Crippen LogP contribution in [0.15, 0.2) is 0 Å². The van der Waals surface area contributed by atoms with E-state index >= 15 is 0 Å². The maximum absolute atomic E-state index is 13.6. The summed E-state index contributed by atoms with van der Waals surface area (Å²) in [5.41, 5.74) is 0.966.